The smallest absolute Gasteiger partial charge is 0.295 e. The molecule has 0 N–H and O–H groups in total. The summed E-state index contributed by atoms with van der Waals surface area (Å²) in [5.41, 5.74) is 1.12. The van der Waals surface area contributed by atoms with Crippen molar-refractivity contribution in [2.75, 3.05) is 7.05 Å². The average Bonchev–Trinajstić information content (AvgIpc) is 2.76. The van der Waals surface area contributed by atoms with Crippen molar-refractivity contribution in [3.63, 3.8) is 0 Å². The lowest BCUT2D eigenvalue weighted by molar-refractivity contribution is 0.0644. The number of rotatable bonds is 5. The van der Waals surface area contributed by atoms with E-state index < -0.39 is 6.55 Å². The highest BCUT2D eigenvalue weighted by atomic mass is 79.9. The van der Waals surface area contributed by atoms with Crippen molar-refractivity contribution in [1.29, 1.82) is 0 Å². The number of aromatic nitrogens is 2. The molecule has 2 aromatic rings. The molecule has 0 saturated heterocycles. The number of halogens is 3. The molecule has 0 aliphatic heterocycles. The van der Waals surface area contributed by atoms with Crippen molar-refractivity contribution in [3.8, 4) is 0 Å². The predicted molar refractivity (Wildman–Crippen MR) is 72.8 cm³/mol. The number of hydrogen-bond acceptors (Lipinski definition) is 2. The van der Waals surface area contributed by atoms with Crippen LogP contribution in [-0.2, 0) is 13.1 Å². The summed E-state index contributed by atoms with van der Waals surface area (Å²) in [6, 6.07) is 7.91. The third kappa shape index (κ3) is 3.84. The van der Waals surface area contributed by atoms with Gasteiger partial charge in [-0.05, 0) is 24.7 Å². The highest BCUT2D eigenvalue weighted by Gasteiger charge is 2.13. The Morgan fingerprint density at radius 2 is 2.16 bits per heavy atom. The zero-order valence-electron chi connectivity index (χ0n) is 10.4. The molecule has 0 saturated carbocycles. The molecule has 0 unspecified atom stereocenters. The molecule has 0 aliphatic rings. The first kappa shape index (κ1) is 14.1. The van der Waals surface area contributed by atoms with E-state index in [-0.39, 0.29) is 0 Å². The lowest BCUT2D eigenvalue weighted by atomic mass is 10.2. The summed E-state index contributed by atoms with van der Waals surface area (Å²) in [7, 11) is 1.88. The van der Waals surface area contributed by atoms with E-state index >= 15 is 0 Å². The van der Waals surface area contributed by atoms with Crippen LogP contribution in [0.2, 0.25) is 0 Å². The topological polar surface area (TPSA) is 21.1 Å². The first-order valence-electron chi connectivity index (χ1n) is 5.79. The molecule has 0 atom stereocenters. The molecule has 3 nitrogen and oxygen atoms in total. The molecule has 0 amide bonds. The van der Waals surface area contributed by atoms with Gasteiger partial charge in [0.05, 0.1) is 6.54 Å². The Bertz CT molecular complexity index is 542. The quantitative estimate of drug-likeness (QED) is 0.834. The molecular formula is C13H14BrF2N3. The van der Waals surface area contributed by atoms with Crippen LogP contribution in [0.25, 0.3) is 0 Å². The largest absolute Gasteiger partial charge is 0.319 e. The van der Waals surface area contributed by atoms with Crippen LogP contribution in [0.3, 0.4) is 0 Å². The van der Waals surface area contributed by atoms with Crippen molar-refractivity contribution >= 4 is 15.9 Å². The van der Waals surface area contributed by atoms with Gasteiger partial charge in [0.1, 0.15) is 5.82 Å². The summed E-state index contributed by atoms with van der Waals surface area (Å²) in [5.74, 6) is 0.368. The van der Waals surface area contributed by atoms with E-state index in [1.807, 2.05) is 36.2 Å². The zero-order valence-corrected chi connectivity index (χ0v) is 12.0. The Hall–Kier alpha value is -1.27. The first-order valence-corrected chi connectivity index (χ1v) is 6.58. The fourth-order valence-corrected chi connectivity index (χ4v) is 2.34. The van der Waals surface area contributed by atoms with Gasteiger partial charge < -0.3 is 0 Å². The van der Waals surface area contributed by atoms with Crippen LogP contribution in [0.1, 0.15) is 17.9 Å². The summed E-state index contributed by atoms with van der Waals surface area (Å²) in [6.45, 7) is -1.49. The maximum atomic E-state index is 12.7. The Morgan fingerprint density at radius 3 is 2.84 bits per heavy atom. The number of benzene rings is 1. The van der Waals surface area contributed by atoms with Gasteiger partial charge in [-0.2, -0.15) is 8.78 Å². The molecule has 6 heteroatoms. The summed E-state index contributed by atoms with van der Waals surface area (Å²) >= 11 is 3.41. The van der Waals surface area contributed by atoms with Gasteiger partial charge in [0.2, 0.25) is 0 Å². The Kier molecular flexibility index (Phi) is 4.66. The normalized spacial score (nSPS) is 11.5. The number of alkyl halides is 2. The highest BCUT2D eigenvalue weighted by Crippen LogP contribution is 2.16. The van der Waals surface area contributed by atoms with Gasteiger partial charge in [0.25, 0.3) is 0 Å². The molecule has 0 radical (unpaired) electrons. The van der Waals surface area contributed by atoms with Crippen LogP contribution in [-0.4, -0.2) is 21.5 Å². The first-order chi connectivity index (χ1) is 9.06. The molecule has 2 rings (SSSR count). The molecule has 102 valence electrons. The molecule has 1 heterocycles. The van der Waals surface area contributed by atoms with E-state index in [1.165, 1.54) is 12.4 Å². The SMILES string of the molecule is CN(Cc1cccc(Br)c1)Cc1nccn1C(F)F. The minimum Gasteiger partial charge on any atom is -0.295 e. The van der Waals surface area contributed by atoms with Crippen molar-refractivity contribution in [1.82, 2.24) is 14.5 Å². The Labute approximate surface area is 119 Å². The average molecular weight is 330 g/mol. The summed E-state index contributed by atoms with van der Waals surface area (Å²) < 4.78 is 27.3. The van der Waals surface area contributed by atoms with Gasteiger partial charge in [-0.25, -0.2) is 4.98 Å². The molecule has 0 fully saturated rings. The molecule has 0 bridgehead atoms. The van der Waals surface area contributed by atoms with Gasteiger partial charge >= 0.3 is 6.55 Å². The second-order valence-electron chi connectivity index (χ2n) is 4.33. The monoisotopic (exact) mass is 329 g/mol. The minimum absolute atomic E-state index is 0.368. The van der Waals surface area contributed by atoms with Crippen molar-refractivity contribution in [2.24, 2.45) is 0 Å². The summed E-state index contributed by atoms with van der Waals surface area (Å²) in [5, 5.41) is 0. The van der Waals surface area contributed by atoms with Gasteiger partial charge in [-0.3, -0.25) is 9.47 Å². The standard InChI is InChI=1S/C13H14BrF2N3/c1-18(8-10-3-2-4-11(14)7-10)9-12-17-5-6-19(12)13(15)16/h2-7,13H,8-9H2,1H3. The fraction of sp³-hybridized carbons (Fsp3) is 0.308. The van der Waals surface area contributed by atoms with Crippen LogP contribution < -0.4 is 0 Å². The van der Waals surface area contributed by atoms with Crippen molar-refractivity contribution in [3.05, 3.63) is 52.5 Å². The number of hydrogen-bond donors (Lipinski definition) is 0. The Balaban J connectivity index is 2.01. The van der Waals surface area contributed by atoms with E-state index in [0.717, 1.165) is 14.6 Å². The van der Waals surface area contributed by atoms with Gasteiger partial charge in [-0.1, -0.05) is 28.1 Å². The van der Waals surface area contributed by atoms with Crippen LogP contribution in [0.4, 0.5) is 8.78 Å². The molecular weight excluding hydrogens is 316 g/mol. The predicted octanol–water partition coefficient (Wildman–Crippen LogP) is 3.67. The Morgan fingerprint density at radius 1 is 1.37 bits per heavy atom. The molecule has 0 aliphatic carbocycles. The third-order valence-corrected chi connectivity index (χ3v) is 3.21. The summed E-state index contributed by atoms with van der Waals surface area (Å²) in [4.78, 5) is 5.92. The lowest BCUT2D eigenvalue weighted by Crippen LogP contribution is -2.20. The van der Waals surface area contributed by atoms with E-state index in [9.17, 15) is 8.78 Å². The third-order valence-electron chi connectivity index (χ3n) is 2.71. The van der Waals surface area contributed by atoms with Crippen LogP contribution in [0.5, 0.6) is 0 Å². The van der Waals surface area contributed by atoms with E-state index in [0.29, 0.717) is 18.9 Å². The number of imidazole rings is 1. The van der Waals surface area contributed by atoms with E-state index in [4.69, 9.17) is 0 Å². The second-order valence-corrected chi connectivity index (χ2v) is 5.25. The van der Waals surface area contributed by atoms with Crippen LogP contribution in [0, 0.1) is 0 Å². The van der Waals surface area contributed by atoms with E-state index in [1.54, 1.807) is 0 Å². The maximum Gasteiger partial charge on any atom is 0.319 e. The fourth-order valence-electron chi connectivity index (χ4n) is 1.89. The van der Waals surface area contributed by atoms with Crippen molar-refractivity contribution in [2.45, 2.75) is 19.6 Å². The molecule has 0 spiro atoms. The molecule has 1 aromatic heterocycles. The van der Waals surface area contributed by atoms with Crippen LogP contribution >= 0.6 is 15.9 Å². The van der Waals surface area contributed by atoms with Gasteiger partial charge in [-0.15, -0.1) is 0 Å². The van der Waals surface area contributed by atoms with Crippen LogP contribution in [0.15, 0.2) is 41.1 Å². The van der Waals surface area contributed by atoms with Gasteiger partial charge in [0, 0.05) is 23.4 Å². The highest BCUT2D eigenvalue weighted by molar-refractivity contribution is 9.10. The van der Waals surface area contributed by atoms with Crippen molar-refractivity contribution < 1.29 is 8.78 Å². The maximum absolute atomic E-state index is 12.7. The number of nitrogens with zero attached hydrogens (tertiary/aromatic N) is 3. The second kappa shape index (κ2) is 6.25. The van der Waals surface area contributed by atoms with E-state index in [2.05, 4.69) is 20.9 Å². The van der Waals surface area contributed by atoms with Gasteiger partial charge in [0.15, 0.2) is 0 Å². The summed E-state index contributed by atoms with van der Waals surface area (Å²) in [6.07, 6.45) is 2.70. The zero-order chi connectivity index (χ0) is 13.8. The lowest BCUT2D eigenvalue weighted by Gasteiger charge is -2.17. The molecule has 1 aromatic carbocycles. The molecule has 19 heavy (non-hydrogen) atoms. The minimum atomic E-state index is -2.54.